The largest absolute Gasteiger partial charge is 0.311 e. The van der Waals surface area contributed by atoms with Crippen LogP contribution in [0.25, 0.3) is 0 Å². The third-order valence-electron chi connectivity index (χ3n) is 6.08. The molecule has 4 rings (SSSR count). The highest BCUT2D eigenvalue weighted by atomic mass is 32.2. The summed E-state index contributed by atoms with van der Waals surface area (Å²) in [6.45, 7) is 7.39. The fraction of sp³-hybridized carbons (Fsp3) is 0.650. The molecule has 1 aromatic carbocycles. The van der Waals surface area contributed by atoms with Crippen molar-refractivity contribution >= 4 is 21.6 Å². The lowest BCUT2D eigenvalue weighted by Gasteiger charge is -2.32. The molecule has 0 aromatic heterocycles. The maximum absolute atomic E-state index is 13.2. The maximum atomic E-state index is 13.2. The molecule has 5 nitrogen and oxygen atoms in total. The number of benzene rings is 1. The topological polar surface area (TPSA) is 57.7 Å². The van der Waals surface area contributed by atoms with Gasteiger partial charge in [0, 0.05) is 36.2 Å². The number of rotatable bonds is 3. The van der Waals surface area contributed by atoms with Crippen LogP contribution in [0.15, 0.2) is 23.1 Å². The van der Waals surface area contributed by atoms with E-state index < -0.39 is 10.0 Å². The molecule has 1 atom stereocenters. The third-order valence-corrected chi connectivity index (χ3v) is 8.09. The predicted molar refractivity (Wildman–Crippen MR) is 102 cm³/mol. The zero-order valence-electron chi connectivity index (χ0n) is 15.9. The van der Waals surface area contributed by atoms with Crippen molar-refractivity contribution in [3.8, 4) is 0 Å². The summed E-state index contributed by atoms with van der Waals surface area (Å²) in [6, 6.07) is 5.38. The summed E-state index contributed by atoms with van der Waals surface area (Å²) in [4.78, 5) is 14.9. The quantitative estimate of drug-likeness (QED) is 0.813. The fourth-order valence-electron chi connectivity index (χ4n) is 4.33. The van der Waals surface area contributed by atoms with Crippen LogP contribution < -0.4 is 4.90 Å². The van der Waals surface area contributed by atoms with Crippen molar-refractivity contribution in [3.05, 3.63) is 23.8 Å². The van der Waals surface area contributed by atoms with Gasteiger partial charge in [0.2, 0.25) is 15.9 Å². The summed E-state index contributed by atoms with van der Waals surface area (Å²) >= 11 is 0. The molecule has 26 heavy (non-hydrogen) atoms. The standard InChI is InChI=1S/C20H28N2O3S/c1-14-6-4-5-11-22(14)26(24,25)16-9-10-18-17(12-16)20(2,3)13-21(18)19(23)15-7-8-15/h9-10,12,14-15H,4-8,11,13H2,1-3H3/t14-/m1/s1. The summed E-state index contributed by atoms with van der Waals surface area (Å²) < 4.78 is 28.0. The number of amides is 1. The van der Waals surface area contributed by atoms with Crippen LogP contribution >= 0.6 is 0 Å². The first-order valence-corrected chi connectivity index (χ1v) is 11.1. The van der Waals surface area contributed by atoms with Gasteiger partial charge in [0.1, 0.15) is 0 Å². The van der Waals surface area contributed by atoms with Gasteiger partial charge in [-0.25, -0.2) is 8.42 Å². The maximum Gasteiger partial charge on any atom is 0.243 e. The van der Waals surface area contributed by atoms with Crippen molar-refractivity contribution in [2.75, 3.05) is 18.0 Å². The summed E-state index contributed by atoms with van der Waals surface area (Å²) in [5, 5.41) is 0. The molecule has 2 aliphatic heterocycles. The summed E-state index contributed by atoms with van der Waals surface area (Å²) in [7, 11) is -3.49. The first kappa shape index (κ1) is 18.0. The molecule has 1 saturated heterocycles. The average molecular weight is 377 g/mol. The number of nitrogens with zero attached hydrogens (tertiary/aromatic N) is 2. The number of hydrogen-bond acceptors (Lipinski definition) is 3. The van der Waals surface area contributed by atoms with E-state index in [9.17, 15) is 13.2 Å². The molecule has 2 fully saturated rings. The van der Waals surface area contributed by atoms with Crippen LogP contribution in [0.3, 0.4) is 0 Å². The Morgan fingerprint density at radius 3 is 2.54 bits per heavy atom. The van der Waals surface area contributed by atoms with Gasteiger partial charge in [-0.2, -0.15) is 4.31 Å². The van der Waals surface area contributed by atoms with Gasteiger partial charge in [-0.15, -0.1) is 0 Å². The minimum atomic E-state index is -3.49. The van der Waals surface area contributed by atoms with E-state index >= 15 is 0 Å². The van der Waals surface area contributed by atoms with Gasteiger partial charge in [0.15, 0.2) is 0 Å². The molecular formula is C20H28N2O3S. The lowest BCUT2D eigenvalue weighted by atomic mass is 9.87. The van der Waals surface area contributed by atoms with Crippen LogP contribution in [0.5, 0.6) is 0 Å². The van der Waals surface area contributed by atoms with Crippen LogP contribution in [0.1, 0.15) is 58.4 Å². The lowest BCUT2D eigenvalue weighted by molar-refractivity contribution is -0.119. The minimum absolute atomic E-state index is 0.0444. The summed E-state index contributed by atoms with van der Waals surface area (Å²) in [5.41, 5.74) is 1.62. The molecule has 1 saturated carbocycles. The Morgan fingerprint density at radius 2 is 1.88 bits per heavy atom. The van der Waals surface area contributed by atoms with Crippen molar-refractivity contribution in [1.82, 2.24) is 4.31 Å². The van der Waals surface area contributed by atoms with Crippen molar-refractivity contribution in [2.24, 2.45) is 5.92 Å². The van der Waals surface area contributed by atoms with Gasteiger partial charge in [0.05, 0.1) is 4.90 Å². The highest BCUT2D eigenvalue weighted by molar-refractivity contribution is 7.89. The Hall–Kier alpha value is -1.40. The van der Waals surface area contributed by atoms with Gasteiger partial charge < -0.3 is 4.90 Å². The van der Waals surface area contributed by atoms with Gasteiger partial charge in [0.25, 0.3) is 0 Å². The molecule has 1 aliphatic carbocycles. The Morgan fingerprint density at radius 1 is 1.15 bits per heavy atom. The van der Waals surface area contributed by atoms with Crippen LogP contribution in [-0.4, -0.2) is 37.8 Å². The van der Waals surface area contributed by atoms with E-state index in [1.54, 1.807) is 10.4 Å². The lowest BCUT2D eigenvalue weighted by Crippen LogP contribution is -2.41. The highest BCUT2D eigenvalue weighted by Crippen LogP contribution is 2.44. The number of sulfonamides is 1. The minimum Gasteiger partial charge on any atom is -0.311 e. The molecule has 1 amide bonds. The molecule has 0 bridgehead atoms. The van der Waals surface area contributed by atoms with E-state index in [4.69, 9.17) is 0 Å². The molecule has 1 aromatic rings. The van der Waals surface area contributed by atoms with Crippen LogP contribution in [-0.2, 0) is 20.2 Å². The van der Waals surface area contributed by atoms with E-state index in [-0.39, 0.29) is 23.3 Å². The number of anilines is 1. The molecule has 3 aliphatic rings. The first-order valence-electron chi connectivity index (χ1n) is 9.69. The van der Waals surface area contributed by atoms with Crippen molar-refractivity contribution < 1.29 is 13.2 Å². The van der Waals surface area contributed by atoms with Crippen molar-refractivity contribution in [2.45, 2.75) is 69.2 Å². The Balaban J connectivity index is 1.71. The van der Waals surface area contributed by atoms with E-state index in [1.165, 1.54) is 0 Å². The Bertz CT molecular complexity index is 843. The van der Waals surface area contributed by atoms with Crippen LogP contribution in [0.4, 0.5) is 5.69 Å². The van der Waals surface area contributed by atoms with Crippen LogP contribution in [0.2, 0.25) is 0 Å². The molecule has 0 unspecified atom stereocenters. The normalized spacial score (nSPS) is 26.0. The molecule has 0 N–H and O–H groups in total. The number of fused-ring (bicyclic) bond motifs is 1. The van der Waals surface area contributed by atoms with E-state index in [1.807, 2.05) is 24.0 Å². The Kier molecular flexibility index (Phi) is 4.19. The predicted octanol–water partition coefficient (Wildman–Crippen LogP) is 3.28. The number of piperidine rings is 1. The van der Waals surface area contributed by atoms with Gasteiger partial charge in [-0.1, -0.05) is 20.3 Å². The van der Waals surface area contributed by atoms with Gasteiger partial charge in [-0.3, -0.25) is 4.79 Å². The molecule has 142 valence electrons. The van der Waals surface area contributed by atoms with E-state index in [0.29, 0.717) is 18.0 Å². The zero-order chi connectivity index (χ0) is 18.7. The smallest absolute Gasteiger partial charge is 0.243 e. The average Bonchev–Trinajstić information content (AvgIpc) is 3.40. The second-order valence-electron chi connectivity index (χ2n) is 8.72. The SMILES string of the molecule is C[C@@H]1CCCCN1S(=O)(=O)c1ccc2c(c1)C(C)(C)CN2C(=O)C1CC1. The van der Waals surface area contributed by atoms with Gasteiger partial charge in [-0.05, 0) is 56.4 Å². The number of hydrogen-bond donors (Lipinski definition) is 0. The van der Waals surface area contributed by atoms with Gasteiger partial charge >= 0.3 is 0 Å². The molecule has 0 radical (unpaired) electrons. The second-order valence-corrected chi connectivity index (χ2v) is 10.6. The molecule has 6 heteroatoms. The summed E-state index contributed by atoms with van der Waals surface area (Å²) in [6.07, 6.45) is 4.88. The number of carbonyl (C=O) groups excluding carboxylic acids is 1. The van der Waals surface area contributed by atoms with E-state index in [0.717, 1.165) is 43.4 Å². The first-order chi connectivity index (χ1) is 12.2. The van der Waals surface area contributed by atoms with Crippen LogP contribution in [0, 0.1) is 5.92 Å². The number of carbonyl (C=O) groups is 1. The molecule has 0 spiro atoms. The monoisotopic (exact) mass is 376 g/mol. The van der Waals surface area contributed by atoms with Crippen molar-refractivity contribution in [1.29, 1.82) is 0 Å². The molecular weight excluding hydrogens is 348 g/mol. The Labute approximate surface area is 156 Å². The second kappa shape index (κ2) is 6.06. The fourth-order valence-corrected chi connectivity index (χ4v) is 6.06. The zero-order valence-corrected chi connectivity index (χ0v) is 16.7. The third kappa shape index (κ3) is 2.87. The van der Waals surface area contributed by atoms with E-state index in [2.05, 4.69) is 13.8 Å². The molecule has 2 heterocycles. The summed E-state index contributed by atoms with van der Waals surface area (Å²) in [5.74, 6) is 0.353. The highest BCUT2D eigenvalue weighted by Gasteiger charge is 2.43. The van der Waals surface area contributed by atoms with Crippen molar-refractivity contribution in [3.63, 3.8) is 0 Å².